The lowest BCUT2D eigenvalue weighted by atomic mass is 9.47. The minimum atomic E-state index is -0.749. The lowest BCUT2D eigenvalue weighted by Gasteiger charge is -2.60. The number of hydrogen-bond acceptors (Lipinski definition) is 3. The second-order valence-electron chi connectivity index (χ2n) is 11.4. The zero-order valence-electron chi connectivity index (χ0n) is 15.6. The molecule has 0 spiro atoms. The van der Waals surface area contributed by atoms with Crippen molar-refractivity contribution in [3.63, 3.8) is 0 Å². The number of allylic oxidation sites excluding steroid dienone is 2. The standard InChI is InChI=1S/C22H30OS3/c23-26-24-19(21-7-13-1-14(8-21)3-15(2-13)9-21)20(25-26)22-10-16-4-17(11-22)6-18(5-16)12-22/h13-18H,1-12H2. The predicted octanol–water partition coefficient (Wildman–Crippen LogP) is 6.69. The average Bonchev–Trinajstić information content (AvgIpc) is 2.96. The third-order valence-corrected chi connectivity index (χ3v) is 14.6. The van der Waals surface area contributed by atoms with E-state index >= 15 is 0 Å². The second kappa shape index (κ2) is 5.39. The van der Waals surface area contributed by atoms with Gasteiger partial charge >= 0.3 is 0 Å². The molecule has 0 aromatic heterocycles. The molecule has 0 aromatic carbocycles. The Hall–Kier alpha value is 0.590. The van der Waals surface area contributed by atoms with Crippen molar-refractivity contribution in [2.45, 2.75) is 77.0 Å². The van der Waals surface area contributed by atoms with Gasteiger partial charge in [-0.05, 0) is 134 Å². The number of hydrogen-bond donors (Lipinski definition) is 0. The van der Waals surface area contributed by atoms with Gasteiger partial charge in [-0.15, -0.1) is 0 Å². The Kier molecular flexibility index (Phi) is 3.40. The van der Waals surface area contributed by atoms with Crippen molar-refractivity contribution in [2.75, 3.05) is 0 Å². The largest absolute Gasteiger partial charge is 0.235 e. The Morgan fingerprint density at radius 1 is 0.577 bits per heavy atom. The lowest BCUT2D eigenvalue weighted by molar-refractivity contribution is -0.0367. The summed E-state index contributed by atoms with van der Waals surface area (Å²) in [6.45, 7) is 0. The first-order valence-corrected chi connectivity index (χ1v) is 14.9. The molecule has 0 unspecified atom stereocenters. The maximum Gasteiger partial charge on any atom is 0.150 e. The van der Waals surface area contributed by atoms with Crippen LogP contribution in [-0.4, -0.2) is 4.21 Å². The molecule has 0 radical (unpaired) electrons. The molecular weight excluding hydrogens is 376 g/mol. The van der Waals surface area contributed by atoms with Crippen LogP contribution in [0.5, 0.6) is 0 Å². The molecule has 4 heteroatoms. The van der Waals surface area contributed by atoms with E-state index in [1.165, 1.54) is 77.0 Å². The highest BCUT2D eigenvalue weighted by molar-refractivity contribution is 9.04. The quantitative estimate of drug-likeness (QED) is 0.476. The van der Waals surface area contributed by atoms with Gasteiger partial charge in [-0.1, -0.05) is 0 Å². The molecule has 0 atom stereocenters. The zero-order valence-corrected chi connectivity index (χ0v) is 18.0. The molecule has 0 saturated heterocycles. The molecule has 8 saturated carbocycles. The smallest absolute Gasteiger partial charge is 0.150 e. The van der Waals surface area contributed by atoms with Gasteiger partial charge in [0.05, 0.1) is 0 Å². The minimum absolute atomic E-state index is 0.456. The summed E-state index contributed by atoms with van der Waals surface area (Å²) in [5, 5.41) is 0. The first kappa shape index (κ1) is 16.4. The van der Waals surface area contributed by atoms with Crippen molar-refractivity contribution in [3.8, 4) is 0 Å². The van der Waals surface area contributed by atoms with Crippen molar-refractivity contribution >= 4 is 30.5 Å². The molecule has 1 heterocycles. The van der Waals surface area contributed by atoms with E-state index in [1.807, 2.05) is 21.6 Å². The molecule has 142 valence electrons. The minimum Gasteiger partial charge on any atom is -0.235 e. The van der Waals surface area contributed by atoms with E-state index in [-0.39, 0.29) is 0 Å². The Labute approximate surface area is 167 Å². The molecule has 8 bridgehead atoms. The van der Waals surface area contributed by atoms with Crippen LogP contribution in [0.25, 0.3) is 0 Å². The van der Waals surface area contributed by atoms with E-state index in [9.17, 15) is 4.21 Å². The molecule has 9 rings (SSSR count). The summed E-state index contributed by atoms with van der Waals surface area (Å²) in [5.41, 5.74) is 0.911. The van der Waals surface area contributed by atoms with Crippen LogP contribution in [0.1, 0.15) is 77.0 Å². The van der Waals surface area contributed by atoms with Crippen molar-refractivity contribution < 1.29 is 4.21 Å². The fourth-order valence-corrected chi connectivity index (χ4v) is 16.0. The summed E-state index contributed by atoms with van der Waals surface area (Å²) in [4.78, 5) is 3.39. The summed E-state index contributed by atoms with van der Waals surface area (Å²) < 4.78 is 12.8. The van der Waals surface area contributed by atoms with Crippen LogP contribution in [0.15, 0.2) is 9.81 Å². The van der Waals surface area contributed by atoms with Crippen LogP contribution in [0.4, 0.5) is 0 Å². The first-order chi connectivity index (χ1) is 12.6. The summed E-state index contributed by atoms with van der Waals surface area (Å²) in [6.07, 6.45) is 17.7. The van der Waals surface area contributed by atoms with Crippen LogP contribution in [0.2, 0.25) is 0 Å². The Morgan fingerprint density at radius 3 is 1.12 bits per heavy atom. The first-order valence-electron chi connectivity index (χ1n) is 11.1. The predicted molar refractivity (Wildman–Crippen MR) is 112 cm³/mol. The summed E-state index contributed by atoms with van der Waals surface area (Å²) in [5.74, 6) is 5.95. The fourth-order valence-electron chi connectivity index (χ4n) is 9.66. The van der Waals surface area contributed by atoms with Crippen molar-refractivity contribution in [2.24, 2.45) is 46.3 Å². The Morgan fingerprint density at radius 2 is 0.846 bits per heavy atom. The third kappa shape index (κ3) is 2.22. The van der Waals surface area contributed by atoms with Gasteiger partial charge in [0.2, 0.25) is 0 Å². The van der Waals surface area contributed by atoms with E-state index in [0.717, 1.165) is 35.5 Å². The van der Waals surface area contributed by atoms with E-state index in [2.05, 4.69) is 0 Å². The molecule has 0 amide bonds. The van der Waals surface area contributed by atoms with Gasteiger partial charge in [0, 0.05) is 20.6 Å². The highest BCUT2D eigenvalue weighted by atomic mass is 33.5. The van der Waals surface area contributed by atoms with Crippen LogP contribution in [-0.2, 0) is 8.86 Å². The average molecular weight is 407 g/mol. The lowest BCUT2D eigenvalue weighted by Crippen LogP contribution is -2.49. The van der Waals surface area contributed by atoms with E-state index in [4.69, 9.17) is 0 Å². The van der Waals surface area contributed by atoms with Crippen molar-refractivity contribution in [1.29, 1.82) is 0 Å². The van der Waals surface area contributed by atoms with E-state index < -0.39 is 8.86 Å². The summed E-state index contributed by atoms with van der Waals surface area (Å²) >= 11 is 0. The Balaban J connectivity index is 1.34. The second-order valence-corrected chi connectivity index (χ2v) is 16.4. The number of rotatable bonds is 2. The van der Waals surface area contributed by atoms with Gasteiger partial charge in [0.25, 0.3) is 0 Å². The van der Waals surface area contributed by atoms with Crippen molar-refractivity contribution in [1.82, 2.24) is 0 Å². The SMILES string of the molecule is O=S1SC(C23CC4CC(CC(C4)C2)C3)=C(C23CC4CC(CC(C4)C2)C3)S1. The van der Waals surface area contributed by atoms with Crippen LogP contribution < -0.4 is 0 Å². The molecule has 9 aliphatic rings. The van der Waals surface area contributed by atoms with Gasteiger partial charge in [0.15, 0.2) is 0 Å². The highest BCUT2D eigenvalue weighted by Gasteiger charge is 2.59. The van der Waals surface area contributed by atoms with Crippen LogP contribution >= 0.6 is 21.6 Å². The summed E-state index contributed by atoms with van der Waals surface area (Å²) in [6, 6.07) is 0. The van der Waals surface area contributed by atoms with Crippen molar-refractivity contribution in [3.05, 3.63) is 9.81 Å². The zero-order chi connectivity index (χ0) is 17.1. The maximum absolute atomic E-state index is 12.8. The van der Waals surface area contributed by atoms with Gasteiger partial charge < -0.3 is 0 Å². The van der Waals surface area contributed by atoms with E-state index in [1.54, 1.807) is 9.81 Å². The van der Waals surface area contributed by atoms with Gasteiger partial charge in [-0.25, -0.2) is 4.21 Å². The van der Waals surface area contributed by atoms with E-state index in [0.29, 0.717) is 10.8 Å². The van der Waals surface area contributed by atoms with Gasteiger partial charge in [-0.3, -0.25) is 0 Å². The molecular formula is C22H30OS3. The molecule has 0 N–H and O–H groups in total. The topological polar surface area (TPSA) is 17.1 Å². The van der Waals surface area contributed by atoms with Gasteiger partial charge in [0.1, 0.15) is 8.86 Å². The molecule has 8 fully saturated rings. The molecule has 0 aromatic rings. The molecule has 1 nitrogen and oxygen atoms in total. The van der Waals surface area contributed by atoms with Gasteiger partial charge in [-0.2, -0.15) is 0 Å². The summed E-state index contributed by atoms with van der Waals surface area (Å²) in [7, 11) is 2.90. The molecule has 1 aliphatic heterocycles. The fraction of sp³-hybridized carbons (Fsp3) is 0.909. The molecule has 8 aliphatic carbocycles. The monoisotopic (exact) mass is 406 g/mol. The Bertz CT molecular complexity index is 594. The normalized spacial score (nSPS) is 59.6. The molecule has 26 heavy (non-hydrogen) atoms. The maximum atomic E-state index is 12.8. The third-order valence-electron chi connectivity index (χ3n) is 9.55. The van der Waals surface area contributed by atoms with Crippen LogP contribution in [0.3, 0.4) is 0 Å². The highest BCUT2D eigenvalue weighted by Crippen LogP contribution is 2.73. The van der Waals surface area contributed by atoms with Crippen LogP contribution in [0, 0.1) is 46.3 Å².